The number of hydrogen-bond donors (Lipinski definition) is 0. The number of hydrogen-bond acceptors (Lipinski definition) is 1. The number of aryl methyl sites for hydroxylation is 2. The van der Waals surface area contributed by atoms with E-state index >= 15 is 0 Å². The Morgan fingerprint density at radius 2 is 1.17 bits per heavy atom. The second-order valence-electron chi connectivity index (χ2n) is 6.85. The Kier molecular flexibility index (Phi) is 16.3. The van der Waals surface area contributed by atoms with Gasteiger partial charge in [0, 0.05) is 12.7 Å². The number of unbranched alkanes of at least 4 members (excludes halogenated alkanes) is 13. The Labute approximate surface area is 155 Å². The molecule has 0 aliphatic rings. The van der Waals surface area contributed by atoms with Crippen LogP contribution in [0.1, 0.15) is 103 Å². The number of nitrogens with zero attached hydrogens (tertiary/aromatic N) is 2. The number of imidazole rings is 1. The molecule has 0 aliphatic heterocycles. The number of rotatable bonds is 15. The van der Waals surface area contributed by atoms with Gasteiger partial charge in [-0.1, -0.05) is 90.4 Å². The third-order valence-electron chi connectivity index (χ3n) is 4.53. The summed E-state index contributed by atoms with van der Waals surface area (Å²) in [6, 6.07) is 0. The maximum atomic E-state index is 4.26. The van der Waals surface area contributed by atoms with Gasteiger partial charge in [0.15, 0.2) is 0 Å². The summed E-state index contributed by atoms with van der Waals surface area (Å²) in [6.07, 6.45) is 24.1. The van der Waals surface area contributed by atoms with Crippen molar-refractivity contribution in [3.8, 4) is 0 Å². The predicted octanol–water partition coefficient (Wildman–Crippen LogP) is 7.25. The third kappa shape index (κ3) is 13.8. The summed E-state index contributed by atoms with van der Waals surface area (Å²) in [7, 11) is 0. The summed E-state index contributed by atoms with van der Waals surface area (Å²) in [5.41, 5.74) is 1.13. The van der Waals surface area contributed by atoms with Gasteiger partial charge in [0.2, 0.25) is 0 Å². The fourth-order valence-corrected chi connectivity index (χ4v) is 3.08. The lowest BCUT2D eigenvalue weighted by Crippen LogP contribution is -1.94. The highest BCUT2D eigenvalue weighted by atomic mass is 79.9. The van der Waals surface area contributed by atoms with Gasteiger partial charge in [0.1, 0.15) is 0 Å². The first-order valence-corrected chi connectivity index (χ1v) is 9.81. The van der Waals surface area contributed by atoms with Crippen molar-refractivity contribution >= 4 is 17.0 Å². The Bertz CT molecular complexity index is 349. The molecule has 1 heterocycles. The molecule has 0 fully saturated rings. The van der Waals surface area contributed by atoms with E-state index in [1.165, 1.54) is 89.9 Å². The Balaban J connectivity index is 0.00000484. The first-order chi connectivity index (χ1) is 10.8. The van der Waals surface area contributed by atoms with E-state index in [1.807, 2.05) is 6.33 Å². The van der Waals surface area contributed by atoms with Crippen molar-refractivity contribution < 1.29 is 0 Å². The van der Waals surface area contributed by atoms with Crippen molar-refractivity contribution in [3.63, 3.8) is 0 Å². The molecular weight excluding hydrogens is 348 g/mol. The van der Waals surface area contributed by atoms with Gasteiger partial charge in [-0.2, -0.15) is 0 Å². The van der Waals surface area contributed by atoms with Crippen LogP contribution in [0.2, 0.25) is 0 Å². The average molecular weight is 387 g/mol. The molecule has 1 aromatic heterocycles. The van der Waals surface area contributed by atoms with Gasteiger partial charge in [-0.05, 0) is 13.3 Å². The summed E-state index contributed by atoms with van der Waals surface area (Å²) >= 11 is 0. The van der Waals surface area contributed by atoms with Crippen molar-refractivity contribution in [1.29, 1.82) is 0 Å². The summed E-state index contributed by atoms with van der Waals surface area (Å²) in [6.45, 7) is 5.49. The molecule has 2 nitrogen and oxygen atoms in total. The molecule has 136 valence electrons. The van der Waals surface area contributed by atoms with Gasteiger partial charge in [-0.3, -0.25) is 0 Å². The van der Waals surface area contributed by atoms with Gasteiger partial charge in [0.05, 0.1) is 12.0 Å². The average Bonchev–Trinajstić information content (AvgIpc) is 2.93. The summed E-state index contributed by atoms with van der Waals surface area (Å²) < 4.78 is 2.22. The van der Waals surface area contributed by atoms with Crippen LogP contribution in [0, 0.1) is 6.92 Å². The third-order valence-corrected chi connectivity index (χ3v) is 4.53. The van der Waals surface area contributed by atoms with Crippen LogP contribution < -0.4 is 0 Å². The van der Waals surface area contributed by atoms with Crippen molar-refractivity contribution in [2.24, 2.45) is 0 Å². The molecule has 0 amide bonds. The summed E-state index contributed by atoms with van der Waals surface area (Å²) in [5, 5.41) is 0. The SMILES string of the molecule is Br.CCCCCCCCCCCCCCCCn1cnc(C)c1. The number of aromatic nitrogens is 2. The lowest BCUT2D eigenvalue weighted by molar-refractivity contribution is 0.524. The van der Waals surface area contributed by atoms with Crippen LogP contribution in [0.3, 0.4) is 0 Å². The van der Waals surface area contributed by atoms with Gasteiger partial charge in [-0.15, -0.1) is 17.0 Å². The Morgan fingerprint density at radius 1 is 0.739 bits per heavy atom. The maximum absolute atomic E-state index is 4.26. The smallest absolute Gasteiger partial charge is 0.0949 e. The molecule has 0 aliphatic carbocycles. The maximum Gasteiger partial charge on any atom is 0.0949 e. The lowest BCUT2D eigenvalue weighted by Gasteiger charge is -2.04. The second-order valence-corrected chi connectivity index (χ2v) is 6.85. The van der Waals surface area contributed by atoms with Crippen LogP contribution in [-0.4, -0.2) is 9.55 Å². The molecule has 23 heavy (non-hydrogen) atoms. The van der Waals surface area contributed by atoms with E-state index < -0.39 is 0 Å². The van der Waals surface area contributed by atoms with Crippen LogP contribution in [-0.2, 0) is 6.54 Å². The molecule has 0 radical (unpaired) electrons. The fourth-order valence-electron chi connectivity index (χ4n) is 3.08. The van der Waals surface area contributed by atoms with E-state index in [1.54, 1.807) is 0 Å². The molecule has 0 spiro atoms. The number of halogens is 1. The highest BCUT2D eigenvalue weighted by Crippen LogP contribution is 2.13. The highest BCUT2D eigenvalue weighted by molar-refractivity contribution is 8.93. The molecule has 1 rings (SSSR count). The van der Waals surface area contributed by atoms with Crippen molar-refractivity contribution in [1.82, 2.24) is 9.55 Å². The minimum Gasteiger partial charge on any atom is -0.337 e. The molecule has 0 unspecified atom stereocenters. The molecule has 0 atom stereocenters. The molecule has 0 aromatic carbocycles. The van der Waals surface area contributed by atoms with Crippen LogP contribution >= 0.6 is 17.0 Å². The normalized spacial score (nSPS) is 10.7. The van der Waals surface area contributed by atoms with Crippen LogP contribution in [0.4, 0.5) is 0 Å². The minimum atomic E-state index is 0. The van der Waals surface area contributed by atoms with Crippen LogP contribution in [0.5, 0.6) is 0 Å². The van der Waals surface area contributed by atoms with Gasteiger partial charge >= 0.3 is 0 Å². The topological polar surface area (TPSA) is 17.8 Å². The Hall–Kier alpha value is -0.310. The van der Waals surface area contributed by atoms with Gasteiger partial charge < -0.3 is 4.57 Å². The van der Waals surface area contributed by atoms with E-state index in [0.29, 0.717) is 0 Å². The first-order valence-electron chi connectivity index (χ1n) is 9.81. The summed E-state index contributed by atoms with van der Waals surface area (Å²) in [5.74, 6) is 0. The molecule has 0 N–H and O–H groups in total. The lowest BCUT2D eigenvalue weighted by atomic mass is 10.0. The van der Waals surface area contributed by atoms with E-state index in [4.69, 9.17) is 0 Å². The zero-order valence-electron chi connectivity index (χ0n) is 15.6. The van der Waals surface area contributed by atoms with Crippen molar-refractivity contribution in [2.75, 3.05) is 0 Å². The quantitative estimate of drug-likeness (QED) is 0.290. The first kappa shape index (κ1) is 22.7. The molecular formula is C20H39BrN2. The second kappa shape index (κ2) is 16.5. The monoisotopic (exact) mass is 386 g/mol. The molecule has 0 saturated carbocycles. The zero-order valence-corrected chi connectivity index (χ0v) is 17.3. The van der Waals surface area contributed by atoms with Gasteiger partial charge in [0.25, 0.3) is 0 Å². The van der Waals surface area contributed by atoms with E-state index in [-0.39, 0.29) is 17.0 Å². The summed E-state index contributed by atoms with van der Waals surface area (Å²) in [4.78, 5) is 4.26. The highest BCUT2D eigenvalue weighted by Gasteiger charge is 1.95. The molecule has 0 bridgehead atoms. The molecule has 3 heteroatoms. The van der Waals surface area contributed by atoms with E-state index in [9.17, 15) is 0 Å². The predicted molar refractivity (Wildman–Crippen MR) is 108 cm³/mol. The standard InChI is InChI=1S/C20H38N2.BrH/c1-3-4-5-6-7-8-9-10-11-12-13-14-15-16-17-22-18-20(2)21-19-22;/h18-19H,3-17H2,1-2H3;1H. The van der Waals surface area contributed by atoms with Crippen molar-refractivity contribution in [2.45, 2.75) is 110 Å². The zero-order chi connectivity index (χ0) is 15.9. The Morgan fingerprint density at radius 3 is 1.57 bits per heavy atom. The van der Waals surface area contributed by atoms with Crippen molar-refractivity contribution in [3.05, 3.63) is 18.2 Å². The molecule has 1 aromatic rings. The minimum absolute atomic E-state index is 0. The van der Waals surface area contributed by atoms with E-state index in [2.05, 4.69) is 29.6 Å². The fraction of sp³-hybridized carbons (Fsp3) is 0.850. The molecule has 0 saturated heterocycles. The van der Waals surface area contributed by atoms with Gasteiger partial charge in [-0.25, -0.2) is 4.98 Å². The van der Waals surface area contributed by atoms with E-state index in [0.717, 1.165) is 12.2 Å². The van der Waals surface area contributed by atoms with Crippen LogP contribution in [0.25, 0.3) is 0 Å². The largest absolute Gasteiger partial charge is 0.337 e. The van der Waals surface area contributed by atoms with Crippen LogP contribution in [0.15, 0.2) is 12.5 Å².